The van der Waals surface area contributed by atoms with E-state index in [1.165, 1.54) is 23.1 Å². The number of ether oxygens (including phenoxy) is 1. The van der Waals surface area contributed by atoms with E-state index in [-0.39, 0.29) is 0 Å². The van der Waals surface area contributed by atoms with E-state index >= 15 is 0 Å². The SMILES string of the molecule is CCN(CC)CCCC(C)NC(=NC)NCc1cccc(COCc2ccccc2)c1. The molecule has 0 aromatic heterocycles. The van der Waals surface area contributed by atoms with Crippen molar-refractivity contribution in [3.8, 4) is 0 Å². The molecule has 0 saturated heterocycles. The molecular weight excluding hydrogens is 384 g/mol. The van der Waals surface area contributed by atoms with Crippen molar-refractivity contribution in [3.63, 3.8) is 0 Å². The van der Waals surface area contributed by atoms with E-state index < -0.39 is 0 Å². The average molecular weight is 425 g/mol. The summed E-state index contributed by atoms with van der Waals surface area (Å²) in [5, 5.41) is 6.94. The Kier molecular flexibility index (Phi) is 11.7. The zero-order valence-electron chi connectivity index (χ0n) is 19.7. The second-order valence-electron chi connectivity index (χ2n) is 7.94. The molecule has 0 radical (unpaired) electrons. The molecule has 0 aliphatic rings. The van der Waals surface area contributed by atoms with Gasteiger partial charge < -0.3 is 20.3 Å². The van der Waals surface area contributed by atoms with Crippen molar-refractivity contribution in [2.24, 2.45) is 4.99 Å². The number of rotatable bonds is 13. The van der Waals surface area contributed by atoms with Crippen molar-refractivity contribution in [1.82, 2.24) is 15.5 Å². The van der Waals surface area contributed by atoms with Crippen LogP contribution in [0.25, 0.3) is 0 Å². The van der Waals surface area contributed by atoms with E-state index in [1.807, 2.05) is 25.2 Å². The van der Waals surface area contributed by atoms with Crippen LogP contribution in [0.15, 0.2) is 59.6 Å². The third-order valence-corrected chi connectivity index (χ3v) is 5.44. The van der Waals surface area contributed by atoms with Gasteiger partial charge in [-0.05, 0) is 56.1 Å². The smallest absolute Gasteiger partial charge is 0.191 e. The number of hydrogen-bond donors (Lipinski definition) is 2. The largest absolute Gasteiger partial charge is 0.372 e. The zero-order valence-corrected chi connectivity index (χ0v) is 19.7. The molecule has 31 heavy (non-hydrogen) atoms. The summed E-state index contributed by atoms with van der Waals surface area (Å²) in [5.41, 5.74) is 3.60. The van der Waals surface area contributed by atoms with Crippen LogP contribution in [0, 0.1) is 0 Å². The minimum atomic E-state index is 0.388. The van der Waals surface area contributed by atoms with Crippen LogP contribution in [0.5, 0.6) is 0 Å². The summed E-state index contributed by atoms with van der Waals surface area (Å²) in [7, 11) is 1.83. The van der Waals surface area contributed by atoms with Crippen molar-refractivity contribution in [1.29, 1.82) is 0 Å². The number of nitrogens with zero attached hydrogens (tertiary/aromatic N) is 2. The van der Waals surface area contributed by atoms with Gasteiger partial charge in [0.15, 0.2) is 5.96 Å². The fraction of sp³-hybridized carbons (Fsp3) is 0.500. The highest BCUT2D eigenvalue weighted by Crippen LogP contribution is 2.09. The van der Waals surface area contributed by atoms with Gasteiger partial charge in [0.05, 0.1) is 13.2 Å². The molecule has 2 N–H and O–H groups in total. The minimum absolute atomic E-state index is 0.388. The first-order valence-corrected chi connectivity index (χ1v) is 11.5. The average Bonchev–Trinajstić information content (AvgIpc) is 2.80. The van der Waals surface area contributed by atoms with E-state index in [0.717, 1.165) is 38.6 Å². The molecule has 0 saturated carbocycles. The van der Waals surface area contributed by atoms with Crippen molar-refractivity contribution in [2.75, 3.05) is 26.7 Å². The van der Waals surface area contributed by atoms with Crippen LogP contribution in [0.2, 0.25) is 0 Å². The molecular formula is C26H40N4O. The first-order chi connectivity index (χ1) is 15.1. The van der Waals surface area contributed by atoms with Gasteiger partial charge >= 0.3 is 0 Å². The molecule has 1 unspecified atom stereocenters. The highest BCUT2D eigenvalue weighted by atomic mass is 16.5. The summed E-state index contributed by atoms with van der Waals surface area (Å²) in [6.45, 7) is 12.0. The lowest BCUT2D eigenvalue weighted by Crippen LogP contribution is -2.42. The van der Waals surface area contributed by atoms with Gasteiger partial charge in [-0.2, -0.15) is 0 Å². The molecule has 0 heterocycles. The predicted molar refractivity (Wildman–Crippen MR) is 131 cm³/mol. The molecule has 0 aliphatic carbocycles. The van der Waals surface area contributed by atoms with Gasteiger partial charge in [0.2, 0.25) is 0 Å². The lowest BCUT2D eigenvalue weighted by atomic mass is 10.1. The lowest BCUT2D eigenvalue weighted by molar-refractivity contribution is 0.107. The van der Waals surface area contributed by atoms with Crippen LogP contribution in [-0.2, 0) is 24.5 Å². The number of guanidine groups is 1. The zero-order chi connectivity index (χ0) is 22.3. The third-order valence-electron chi connectivity index (χ3n) is 5.44. The molecule has 0 fully saturated rings. The summed E-state index contributed by atoms with van der Waals surface area (Å²) in [6, 6.07) is 19.2. The van der Waals surface area contributed by atoms with E-state index in [4.69, 9.17) is 4.74 Å². The van der Waals surface area contributed by atoms with Crippen molar-refractivity contribution >= 4 is 5.96 Å². The molecule has 170 valence electrons. The van der Waals surface area contributed by atoms with Crippen LogP contribution in [-0.4, -0.2) is 43.6 Å². The van der Waals surface area contributed by atoms with Gasteiger partial charge in [0, 0.05) is 19.6 Å². The first kappa shape index (κ1) is 24.9. The molecule has 2 aromatic rings. The molecule has 2 aromatic carbocycles. The highest BCUT2D eigenvalue weighted by Gasteiger charge is 2.07. The Balaban J connectivity index is 1.73. The van der Waals surface area contributed by atoms with Crippen molar-refractivity contribution < 1.29 is 4.74 Å². The van der Waals surface area contributed by atoms with E-state index in [1.54, 1.807) is 0 Å². The van der Waals surface area contributed by atoms with Crippen LogP contribution in [0.3, 0.4) is 0 Å². The summed E-state index contributed by atoms with van der Waals surface area (Å²) >= 11 is 0. The van der Waals surface area contributed by atoms with Gasteiger partial charge in [-0.3, -0.25) is 4.99 Å². The van der Waals surface area contributed by atoms with E-state index in [2.05, 4.69) is 77.7 Å². The molecule has 0 amide bonds. The van der Waals surface area contributed by atoms with Crippen LogP contribution in [0.4, 0.5) is 0 Å². The van der Waals surface area contributed by atoms with E-state index in [9.17, 15) is 0 Å². The van der Waals surface area contributed by atoms with Crippen molar-refractivity contribution in [3.05, 3.63) is 71.3 Å². The standard InChI is InChI=1S/C26H40N4O/c1-5-30(6-2)17-11-12-22(3)29-26(27-4)28-19-24-15-10-16-25(18-24)21-31-20-23-13-8-7-9-14-23/h7-10,13-16,18,22H,5-6,11-12,17,19-21H2,1-4H3,(H2,27,28,29). The Morgan fingerprint density at radius 3 is 2.35 bits per heavy atom. The molecule has 2 rings (SSSR count). The van der Waals surface area contributed by atoms with Crippen molar-refractivity contribution in [2.45, 2.75) is 59.4 Å². The molecule has 0 bridgehead atoms. The van der Waals surface area contributed by atoms with Gasteiger partial charge in [0.1, 0.15) is 0 Å². The second kappa shape index (κ2) is 14.6. The molecule has 0 spiro atoms. The van der Waals surface area contributed by atoms with E-state index in [0.29, 0.717) is 19.3 Å². The Morgan fingerprint density at radius 1 is 0.968 bits per heavy atom. The summed E-state index contributed by atoms with van der Waals surface area (Å²) in [5.74, 6) is 0.848. The summed E-state index contributed by atoms with van der Waals surface area (Å²) in [4.78, 5) is 6.85. The fourth-order valence-electron chi connectivity index (χ4n) is 3.54. The third kappa shape index (κ3) is 9.99. The second-order valence-corrected chi connectivity index (χ2v) is 7.94. The predicted octanol–water partition coefficient (Wildman–Crippen LogP) is 4.58. The Labute approximate surface area is 188 Å². The van der Waals surface area contributed by atoms with Gasteiger partial charge in [-0.1, -0.05) is 68.4 Å². The Hall–Kier alpha value is -2.37. The fourth-order valence-corrected chi connectivity index (χ4v) is 3.54. The topological polar surface area (TPSA) is 48.9 Å². The highest BCUT2D eigenvalue weighted by molar-refractivity contribution is 5.79. The minimum Gasteiger partial charge on any atom is -0.372 e. The molecule has 5 heteroatoms. The number of benzene rings is 2. The molecule has 5 nitrogen and oxygen atoms in total. The maximum Gasteiger partial charge on any atom is 0.191 e. The van der Waals surface area contributed by atoms with Crippen LogP contribution in [0.1, 0.15) is 50.3 Å². The Bertz CT molecular complexity index is 759. The molecule has 1 atom stereocenters. The maximum absolute atomic E-state index is 5.87. The van der Waals surface area contributed by atoms with Gasteiger partial charge in [0.25, 0.3) is 0 Å². The van der Waals surface area contributed by atoms with Gasteiger partial charge in [-0.25, -0.2) is 0 Å². The number of nitrogens with one attached hydrogen (secondary N) is 2. The normalized spacial score (nSPS) is 12.7. The summed E-state index contributed by atoms with van der Waals surface area (Å²) < 4.78 is 5.87. The van der Waals surface area contributed by atoms with Gasteiger partial charge in [-0.15, -0.1) is 0 Å². The van der Waals surface area contributed by atoms with Crippen LogP contribution >= 0.6 is 0 Å². The monoisotopic (exact) mass is 424 g/mol. The Morgan fingerprint density at radius 2 is 1.65 bits per heavy atom. The molecule has 0 aliphatic heterocycles. The summed E-state index contributed by atoms with van der Waals surface area (Å²) in [6.07, 6.45) is 2.32. The lowest BCUT2D eigenvalue weighted by Gasteiger charge is -2.21. The maximum atomic E-state index is 5.87. The number of hydrogen-bond acceptors (Lipinski definition) is 3. The van der Waals surface area contributed by atoms with Crippen LogP contribution < -0.4 is 10.6 Å². The first-order valence-electron chi connectivity index (χ1n) is 11.5. The number of aliphatic imine (C=N–C) groups is 1. The quantitative estimate of drug-likeness (QED) is 0.365.